The minimum absolute atomic E-state index is 0.100. The number of hydrogen-bond donors (Lipinski definition) is 1. The van der Waals surface area contributed by atoms with Gasteiger partial charge in [0.15, 0.2) is 11.5 Å². The first-order valence-corrected chi connectivity index (χ1v) is 14.0. The van der Waals surface area contributed by atoms with Crippen molar-refractivity contribution < 1.29 is 19.0 Å². The van der Waals surface area contributed by atoms with Gasteiger partial charge in [0, 0.05) is 11.4 Å². The molecule has 1 aromatic heterocycles. The van der Waals surface area contributed by atoms with Crippen molar-refractivity contribution >= 4 is 39.6 Å². The third-order valence-electron chi connectivity index (χ3n) is 5.89. The average molecular weight is 600 g/mol. The Morgan fingerprint density at radius 3 is 2.71 bits per heavy atom. The number of aromatic nitrogens is 3. The molecule has 0 aliphatic carbocycles. The number of rotatable bonds is 11. The lowest BCUT2D eigenvalue weighted by Crippen LogP contribution is -2.29. The quantitative estimate of drug-likeness (QED) is 0.153. The number of ether oxygens (including phenoxy) is 3. The van der Waals surface area contributed by atoms with Gasteiger partial charge in [0.2, 0.25) is 11.1 Å². The summed E-state index contributed by atoms with van der Waals surface area (Å²) in [5.41, 5.74) is 4.07. The van der Waals surface area contributed by atoms with Crippen LogP contribution in [0.5, 0.6) is 11.5 Å². The highest BCUT2D eigenvalue weighted by Gasteiger charge is 2.36. The Morgan fingerprint density at radius 2 is 2.03 bits per heavy atom. The molecule has 0 spiro atoms. The summed E-state index contributed by atoms with van der Waals surface area (Å²) in [5.74, 6) is 2.08. The summed E-state index contributed by atoms with van der Waals surface area (Å²) in [6, 6.07) is 11.4. The van der Waals surface area contributed by atoms with Gasteiger partial charge < -0.3 is 19.5 Å². The van der Waals surface area contributed by atoms with Crippen molar-refractivity contribution in [3.63, 3.8) is 0 Å². The summed E-state index contributed by atoms with van der Waals surface area (Å²) in [5, 5.41) is 8.60. The van der Waals surface area contributed by atoms with Gasteiger partial charge in [0.1, 0.15) is 19.3 Å². The number of methoxy groups -OCH3 is 1. The zero-order valence-corrected chi connectivity index (χ0v) is 24.3. The molecule has 2 heterocycles. The number of hydrogen-bond acceptors (Lipinski definition) is 8. The normalized spacial score (nSPS) is 14.5. The number of carbonyl (C=O) groups is 1. The first-order chi connectivity index (χ1) is 18.4. The van der Waals surface area contributed by atoms with Crippen molar-refractivity contribution in [2.75, 3.05) is 24.8 Å². The molecule has 1 atom stereocenters. The molecule has 1 aliphatic heterocycles. The lowest BCUT2D eigenvalue weighted by atomic mass is 9.95. The predicted molar refractivity (Wildman–Crippen MR) is 153 cm³/mol. The molecule has 0 saturated heterocycles. The SMILES string of the molecule is C=CCOC(=O)C1=C(C)Nc2nc(SCCC)nn2C1c1cc(Br)c(OCc2ccc(C)cc2)c(OC)c1. The maximum Gasteiger partial charge on any atom is 0.338 e. The van der Waals surface area contributed by atoms with Crippen LogP contribution in [0, 0.1) is 6.92 Å². The summed E-state index contributed by atoms with van der Waals surface area (Å²) >= 11 is 5.24. The van der Waals surface area contributed by atoms with Gasteiger partial charge in [-0.3, -0.25) is 0 Å². The maximum absolute atomic E-state index is 13.2. The van der Waals surface area contributed by atoms with Gasteiger partial charge in [-0.2, -0.15) is 4.98 Å². The zero-order valence-electron chi connectivity index (χ0n) is 21.9. The summed E-state index contributed by atoms with van der Waals surface area (Å²) in [4.78, 5) is 17.9. The number of benzene rings is 2. The van der Waals surface area contributed by atoms with E-state index in [4.69, 9.17) is 19.3 Å². The maximum atomic E-state index is 13.2. The van der Waals surface area contributed by atoms with Crippen molar-refractivity contribution in [1.29, 1.82) is 0 Å². The molecule has 0 saturated carbocycles. The van der Waals surface area contributed by atoms with E-state index in [2.05, 4.69) is 51.9 Å². The molecular formula is C28H31BrN4O4S. The van der Waals surface area contributed by atoms with Crippen LogP contribution in [0.4, 0.5) is 5.95 Å². The molecule has 2 aromatic carbocycles. The minimum Gasteiger partial charge on any atom is -0.493 e. The van der Waals surface area contributed by atoms with Gasteiger partial charge in [-0.05, 0) is 59.5 Å². The van der Waals surface area contributed by atoms with E-state index < -0.39 is 12.0 Å². The number of allylic oxidation sites excluding steroid dienone is 1. The van der Waals surface area contributed by atoms with Crippen molar-refractivity contribution in [3.8, 4) is 11.5 Å². The first-order valence-electron chi connectivity index (χ1n) is 12.3. The standard InChI is InChI=1S/C28H31BrN4O4S/c1-6-12-36-26(34)23-18(4)30-27-31-28(38-13-7-2)32-33(27)24(23)20-14-21(29)25(22(15-20)35-5)37-16-19-10-8-17(3)9-11-19/h6,8-11,14-15,24H,1,7,12-13,16H2,2-5H3,(H,30,31,32). The molecule has 1 unspecified atom stereocenters. The molecule has 0 amide bonds. The van der Waals surface area contributed by atoms with Crippen molar-refractivity contribution in [1.82, 2.24) is 14.8 Å². The fraction of sp³-hybridized carbons (Fsp3) is 0.321. The smallest absolute Gasteiger partial charge is 0.338 e. The van der Waals surface area contributed by atoms with Crippen LogP contribution in [-0.2, 0) is 16.1 Å². The third-order valence-corrected chi connectivity index (χ3v) is 7.52. The number of anilines is 1. The Kier molecular flexibility index (Phi) is 9.17. The Bertz CT molecular complexity index is 1350. The lowest BCUT2D eigenvalue weighted by Gasteiger charge is -2.28. The molecule has 10 heteroatoms. The van der Waals surface area contributed by atoms with E-state index in [9.17, 15) is 4.79 Å². The number of halogens is 1. The number of thioether (sulfide) groups is 1. The fourth-order valence-corrected chi connectivity index (χ4v) is 5.31. The second-order valence-electron chi connectivity index (χ2n) is 8.77. The highest BCUT2D eigenvalue weighted by Crippen LogP contribution is 2.43. The van der Waals surface area contributed by atoms with Crippen molar-refractivity contribution in [2.24, 2.45) is 0 Å². The molecule has 0 bridgehead atoms. The van der Waals surface area contributed by atoms with Crippen molar-refractivity contribution in [2.45, 2.75) is 45.0 Å². The zero-order chi connectivity index (χ0) is 27.2. The number of nitrogens with one attached hydrogen (secondary N) is 1. The number of esters is 1. The van der Waals surface area contributed by atoms with E-state index in [-0.39, 0.29) is 6.61 Å². The van der Waals surface area contributed by atoms with Crippen LogP contribution < -0.4 is 14.8 Å². The summed E-state index contributed by atoms with van der Waals surface area (Å²) in [7, 11) is 1.59. The lowest BCUT2D eigenvalue weighted by molar-refractivity contribution is -0.138. The van der Waals surface area contributed by atoms with Gasteiger partial charge in [0.25, 0.3) is 0 Å². The summed E-state index contributed by atoms with van der Waals surface area (Å²) in [6.07, 6.45) is 2.54. The number of carbonyl (C=O) groups excluding carboxylic acids is 1. The van der Waals surface area contributed by atoms with Gasteiger partial charge in [0.05, 0.1) is 17.2 Å². The van der Waals surface area contributed by atoms with Gasteiger partial charge >= 0.3 is 5.97 Å². The minimum atomic E-state index is -0.594. The second-order valence-corrected chi connectivity index (χ2v) is 10.7. The second kappa shape index (κ2) is 12.5. The predicted octanol–water partition coefficient (Wildman–Crippen LogP) is 6.46. The largest absolute Gasteiger partial charge is 0.493 e. The highest BCUT2D eigenvalue weighted by atomic mass is 79.9. The van der Waals surface area contributed by atoms with E-state index in [0.29, 0.717) is 45.0 Å². The molecule has 200 valence electrons. The molecule has 4 rings (SSSR count). The van der Waals surface area contributed by atoms with Crippen LogP contribution in [0.25, 0.3) is 0 Å². The Morgan fingerprint density at radius 1 is 1.26 bits per heavy atom. The topological polar surface area (TPSA) is 87.5 Å². The van der Waals surface area contributed by atoms with Gasteiger partial charge in [-0.1, -0.05) is 61.2 Å². The molecule has 38 heavy (non-hydrogen) atoms. The number of aryl methyl sites for hydroxylation is 1. The summed E-state index contributed by atoms with van der Waals surface area (Å²) in [6.45, 7) is 10.1. The van der Waals surface area contributed by atoms with Gasteiger partial charge in [-0.15, -0.1) is 5.10 Å². The Hall–Kier alpha value is -3.24. The fourth-order valence-electron chi connectivity index (χ4n) is 4.05. The first kappa shape index (κ1) is 27.8. The van der Waals surface area contributed by atoms with Crippen LogP contribution >= 0.6 is 27.7 Å². The Labute approximate surface area is 235 Å². The van der Waals surface area contributed by atoms with Crippen LogP contribution in [0.1, 0.15) is 43.0 Å². The number of fused-ring (bicyclic) bond motifs is 1. The van der Waals surface area contributed by atoms with Crippen molar-refractivity contribution in [3.05, 3.63) is 81.5 Å². The highest BCUT2D eigenvalue weighted by molar-refractivity contribution is 9.10. The van der Waals surface area contributed by atoms with Crippen LogP contribution in [0.3, 0.4) is 0 Å². The number of nitrogens with zero attached hydrogens (tertiary/aromatic N) is 3. The molecule has 1 aliphatic rings. The van der Waals surface area contributed by atoms with E-state index in [1.165, 1.54) is 5.56 Å². The molecule has 0 fully saturated rings. The molecule has 1 N–H and O–H groups in total. The van der Waals surface area contributed by atoms with E-state index in [1.54, 1.807) is 29.6 Å². The molecule has 0 radical (unpaired) electrons. The van der Waals surface area contributed by atoms with E-state index >= 15 is 0 Å². The molecular weight excluding hydrogens is 568 g/mol. The third kappa shape index (κ3) is 6.07. The molecule has 3 aromatic rings. The van der Waals surface area contributed by atoms with Crippen LogP contribution in [0.15, 0.2) is 70.0 Å². The van der Waals surface area contributed by atoms with Crippen LogP contribution in [0.2, 0.25) is 0 Å². The van der Waals surface area contributed by atoms with E-state index in [1.807, 2.05) is 38.1 Å². The average Bonchev–Trinajstić information content (AvgIpc) is 3.31. The molecule has 8 nitrogen and oxygen atoms in total. The van der Waals surface area contributed by atoms with E-state index in [0.717, 1.165) is 23.3 Å². The summed E-state index contributed by atoms with van der Waals surface area (Å²) < 4.78 is 19.8. The van der Waals surface area contributed by atoms with Gasteiger partial charge in [-0.25, -0.2) is 9.48 Å². The monoisotopic (exact) mass is 598 g/mol. The Balaban J connectivity index is 1.75. The van der Waals surface area contributed by atoms with Crippen LogP contribution in [-0.4, -0.2) is 40.2 Å².